The normalized spacial score (nSPS) is 12.7. The number of amides is 1. The summed E-state index contributed by atoms with van der Waals surface area (Å²) in [5, 5.41) is 4.29. The van der Waals surface area contributed by atoms with Crippen molar-refractivity contribution in [3.05, 3.63) is 47.6 Å². The Morgan fingerprint density at radius 2 is 2.00 bits per heavy atom. The molecule has 0 bridgehead atoms. The Morgan fingerprint density at radius 1 is 1.30 bits per heavy atom. The maximum atomic E-state index is 14.5. The molecule has 0 saturated carbocycles. The third-order valence-electron chi connectivity index (χ3n) is 4.30. The molecular formula is C19H26FN5O2. The van der Waals surface area contributed by atoms with Gasteiger partial charge in [-0.05, 0) is 32.4 Å². The van der Waals surface area contributed by atoms with Gasteiger partial charge in [0, 0.05) is 18.7 Å². The third-order valence-corrected chi connectivity index (χ3v) is 4.30. The van der Waals surface area contributed by atoms with Gasteiger partial charge in [0.1, 0.15) is 5.82 Å². The van der Waals surface area contributed by atoms with E-state index in [2.05, 4.69) is 22.9 Å². The Kier molecular flexibility index (Phi) is 6.95. The molecule has 2 rings (SSSR count). The van der Waals surface area contributed by atoms with Crippen LogP contribution in [0.15, 0.2) is 36.2 Å². The van der Waals surface area contributed by atoms with Crippen LogP contribution in [0.2, 0.25) is 0 Å². The zero-order valence-electron chi connectivity index (χ0n) is 15.9. The van der Waals surface area contributed by atoms with E-state index in [-0.39, 0.29) is 24.0 Å². The summed E-state index contributed by atoms with van der Waals surface area (Å²) in [5.41, 5.74) is 8.59. The van der Waals surface area contributed by atoms with Gasteiger partial charge < -0.3 is 10.2 Å². The zero-order chi connectivity index (χ0) is 20.0. The molecule has 1 heterocycles. The topological polar surface area (TPSA) is 76.5 Å². The number of nitrogens with one attached hydrogen (secondary N) is 3. The Morgan fingerprint density at radius 3 is 2.56 bits per heavy atom. The average Bonchev–Trinajstić information content (AvgIpc) is 3.39. The molecule has 0 aromatic heterocycles. The maximum absolute atomic E-state index is 14.5. The van der Waals surface area contributed by atoms with Gasteiger partial charge in [0.15, 0.2) is 6.29 Å². The summed E-state index contributed by atoms with van der Waals surface area (Å²) in [5.74, 6) is -0.630. The lowest BCUT2D eigenvalue weighted by molar-refractivity contribution is -0.121. The highest BCUT2D eigenvalue weighted by Gasteiger charge is 2.34. The molecule has 0 radical (unpaired) electrons. The van der Waals surface area contributed by atoms with Crippen molar-refractivity contribution in [2.45, 2.75) is 27.2 Å². The van der Waals surface area contributed by atoms with E-state index >= 15 is 0 Å². The molecular weight excluding hydrogens is 349 g/mol. The molecule has 1 aliphatic rings. The molecule has 0 unspecified atom stereocenters. The number of allylic oxidation sites excluding steroid dienone is 2. The number of aldehydes is 1. The zero-order valence-corrected chi connectivity index (χ0v) is 15.9. The van der Waals surface area contributed by atoms with Gasteiger partial charge in [0.2, 0.25) is 0 Å². The number of hydrogen-bond acceptors (Lipinski definition) is 6. The van der Waals surface area contributed by atoms with Crippen LogP contribution in [0, 0.1) is 5.82 Å². The summed E-state index contributed by atoms with van der Waals surface area (Å²) < 4.78 is 14.5. The summed E-state index contributed by atoms with van der Waals surface area (Å²) in [6.07, 6.45) is 1.27. The van der Waals surface area contributed by atoms with E-state index in [1.807, 2.05) is 31.7 Å². The Balaban J connectivity index is 1.99. The van der Waals surface area contributed by atoms with E-state index in [0.29, 0.717) is 12.0 Å². The highest BCUT2D eigenvalue weighted by molar-refractivity contribution is 5.82. The first-order chi connectivity index (χ1) is 13.0. The fraction of sp³-hybridized carbons (Fsp3) is 0.368. The van der Waals surface area contributed by atoms with Gasteiger partial charge in [0.05, 0.1) is 29.3 Å². The first-order valence-corrected chi connectivity index (χ1v) is 8.97. The lowest BCUT2D eigenvalue weighted by Crippen LogP contribution is -2.45. The predicted molar refractivity (Wildman–Crippen MR) is 103 cm³/mol. The second kappa shape index (κ2) is 9.18. The Bertz CT molecular complexity index is 758. The Hall–Kier alpha value is -2.87. The summed E-state index contributed by atoms with van der Waals surface area (Å²) in [6.45, 7) is 10.8. The first kappa shape index (κ1) is 20.4. The standard InChI is InChI=1S/C19H26FN5O2/c1-5-16-19(25(16)23-22-18(27)11-21-13(4)12-26)14-8-9-17(15(20)10-14)24(6-2)7-3/h8-10,12,21,23H,4-7,11H2,1-3H3,(H,22,27). The molecule has 0 aliphatic carbocycles. The minimum Gasteiger partial charge on any atom is -0.374 e. The van der Waals surface area contributed by atoms with Crippen molar-refractivity contribution in [3.8, 4) is 0 Å². The van der Waals surface area contributed by atoms with E-state index in [9.17, 15) is 14.0 Å². The second-order valence-corrected chi connectivity index (χ2v) is 5.98. The van der Waals surface area contributed by atoms with Gasteiger partial charge in [-0.15, -0.1) is 5.53 Å². The number of benzene rings is 1. The quantitative estimate of drug-likeness (QED) is 0.312. The monoisotopic (exact) mass is 375 g/mol. The maximum Gasteiger partial charge on any atom is 0.254 e. The molecule has 8 heteroatoms. The summed E-state index contributed by atoms with van der Waals surface area (Å²) in [6, 6.07) is 5.17. The van der Waals surface area contributed by atoms with E-state index in [0.717, 1.165) is 36.5 Å². The van der Waals surface area contributed by atoms with Crippen LogP contribution >= 0.6 is 0 Å². The molecule has 146 valence electrons. The van der Waals surface area contributed by atoms with Crippen molar-refractivity contribution in [2.24, 2.45) is 0 Å². The van der Waals surface area contributed by atoms with Crippen molar-refractivity contribution >= 4 is 23.6 Å². The fourth-order valence-corrected chi connectivity index (χ4v) is 2.82. The lowest BCUT2D eigenvalue weighted by Gasteiger charge is -2.21. The predicted octanol–water partition coefficient (Wildman–Crippen LogP) is 1.90. The van der Waals surface area contributed by atoms with E-state index in [1.165, 1.54) is 6.07 Å². The van der Waals surface area contributed by atoms with Crippen LogP contribution in [-0.4, -0.2) is 36.8 Å². The number of hydrazine groups is 2. The van der Waals surface area contributed by atoms with E-state index < -0.39 is 0 Å². The van der Waals surface area contributed by atoms with Gasteiger partial charge >= 0.3 is 0 Å². The molecule has 0 spiro atoms. The average molecular weight is 375 g/mol. The molecule has 7 nitrogen and oxygen atoms in total. The molecule has 1 amide bonds. The number of halogens is 1. The van der Waals surface area contributed by atoms with Crippen LogP contribution in [0.5, 0.6) is 0 Å². The largest absolute Gasteiger partial charge is 0.374 e. The highest BCUT2D eigenvalue weighted by atomic mass is 19.1. The minimum absolute atomic E-state index is 0.0810. The lowest BCUT2D eigenvalue weighted by atomic mass is 10.1. The number of nitrogens with zero attached hydrogens (tertiary/aromatic N) is 2. The Labute approximate surface area is 158 Å². The molecule has 0 saturated heterocycles. The van der Waals surface area contributed by atoms with Crippen molar-refractivity contribution in [1.82, 2.24) is 21.3 Å². The van der Waals surface area contributed by atoms with E-state index in [4.69, 9.17) is 0 Å². The number of rotatable bonds is 11. The number of hydrogen-bond donors (Lipinski definition) is 3. The van der Waals surface area contributed by atoms with Crippen molar-refractivity contribution < 1.29 is 14.0 Å². The molecule has 3 N–H and O–H groups in total. The van der Waals surface area contributed by atoms with Crippen LogP contribution < -0.4 is 21.2 Å². The third kappa shape index (κ3) is 4.85. The molecule has 1 aromatic rings. The molecule has 0 fully saturated rings. The van der Waals surface area contributed by atoms with Gasteiger partial charge in [-0.25, -0.2) is 4.39 Å². The summed E-state index contributed by atoms with van der Waals surface area (Å²) in [7, 11) is 0. The smallest absolute Gasteiger partial charge is 0.254 e. The van der Waals surface area contributed by atoms with E-state index in [1.54, 1.807) is 11.1 Å². The number of carbonyl (C=O) groups is 2. The number of anilines is 1. The second-order valence-electron chi connectivity index (χ2n) is 5.98. The van der Waals surface area contributed by atoms with Crippen molar-refractivity contribution in [3.63, 3.8) is 0 Å². The molecule has 1 aromatic carbocycles. The van der Waals surface area contributed by atoms with Crippen LogP contribution in [-0.2, 0) is 9.59 Å². The van der Waals surface area contributed by atoms with Gasteiger partial charge in [-0.1, -0.05) is 19.6 Å². The van der Waals surface area contributed by atoms with Crippen LogP contribution in [0.3, 0.4) is 0 Å². The number of carbonyl (C=O) groups excluding carboxylic acids is 2. The van der Waals surface area contributed by atoms with Gasteiger partial charge in [-0.2, -0.15) is 0 Å². The van der Waals surface area contributed by atoms with Crippen molar-refractivity contribution in [1.29, 1.82) is 0 Å². The summed E-state index contributed by atoms with van der Waals surface area (Å²) >= 11 is 0. The summed E-state index contributed by atoms with van der Waals surface area (Å²) in [4.78, 5) is 24.2. The SMILES string of the molecule is C=C(C=O)NCC(=O)NNN1C(CC)=C1c1ccc(N(CC)CC)c(F)c1. The van der Waals surface area contributed by atoms with Gasteiger partial charge in [-0.3, -0.25) is 20.0 Å². The fourth-order valence-electron chi connectivity index (χ4n) is 2.82. The van der Waals surface area contributed by atoms with Crippen LogP contribution in [0.25, 0.3) is 5.70 Å². The first-order valence-electron chi connectivity index (χ1n) is 8.97. The van der Waals surface area contributed by atoms with Crippen molar-refractivity contribution in [2.75, 3.05) is 24.5 Å². The van der Waals surface area contributed by atoms with Crippen LogP contribution in [0.4, 0.5) is 10.1 Å². The minimum atomic E-state index is -0.359. The van der Waals surface area contributed by atoms with Crippen LogP contribution in [0.1, 0.15) is 32.8 Å². The van der Waals surface area contributed by atoms with Gasteiger partial charge in [0.25, 0.3) is 5.91 Å². The highest BCUT2D eigenvalue weighted by Crippen LogP contribution is 2.41. The molecule has 0 atom stereocenters. The molecule has 27 heavy (non-hydrogen) atoms. The molecule has 1 aliphatic heterocycles.